The molecule has 0 bridgehead atoms. The number of nitrogens with zero attached hydrogens (tertiary/aromatic N) is 1. The zero-order chi connectivity index (χ0) is 22.1. The minimum Gasteiger partial charge on any atom is -0.488 e. The predicted molar refractivity (Wildman–Crippen MR) is 129 cm³/mol. The van der Waals surface area contributed by atoms with E-state index in [2.05, 4.69) is 0 Å². The molecule has 6 heteroatoms. The van der Waals surface area contributed by atoms with Crippen LogP contribution in [0.4, 0.5) is 10.1 Å². The molecule has 1 aliphatic heterocycles. The summed E-state index contributed by atoms with van der Waals surface area (Å²) in [6.45, 7) is 0.101. The Morgan fingerprint density at radius 1 is 0.969 bits per heavy atom. The third-order valence-corrected chi connectivity index (χ3v) is 6.92. The maximum absolute atomic E-state index is 14.2. The number of anilines is 1. The summed E-state index contributed by atoms with van der Waals surface area (Å²) in [7, 11) is 0. The van der Waals surface area contributed by atoms with Crippen molar-refractivity contribution in [2.24, 2.45) is 0 Å². The highest BCUT2D eigenvalue weighted by Gasteiger charge is 2.36. The molecule has 0 aliphatic carbocycles. The van der Waals surface area contributed by atoms with Crippen LogP contribution in [0.25, 0.3) is 10.8 Å². The molecule has 1 atom stereocenters. The first-order valence-electron chi connectivity index (χ1n) is 10.2. The van der Waals surface area contributed by atoms with Gasteiger partial charge in [0.1, 0.15) is 23.5 Å². The lowest BCUT2D eigenvalue weighted by Gasteiger charge is -2.27. The third kappa shape index (κ3) is 3.94. The van der Waals surface area contributed by atoms with Gasteiger partial charge in [-0.1, -0.05) is 60.1 Å². The van der Waals surface area contributed by atoms with Crippen LogP contribution in [0.5, 0.6) is 5.75 Å². The van der Waals surface area contributed by atoms with Gasteiger partial charge in [-0.25, -0.2) is 4.39 Å². The van der Waals surface area contributed by atoms with Gasteiger partial charge in [0.05, 0.1) is 5.75 Å². The van der Waals surface area contributed by atoms with Crippen molar-refractivity contribution in [3.8, 4) is 5.75 Å². The van der Waals surface area contributed by atoms with E-state index >= 15 is 0 Å². The lowest BCUT2D eigenvalue weighted by molar-refractivity contribution is -0.115. The number of rotatable bonds is 5. The molecular weight excluding hydrogens is 445 g/mol. The van der Waals surface area contributed by atoms with E-state index in [0.717, 1.165) is 22.0 Å². The first kappa shape index (κ1) is 20.9. The summed E-state index contributed by atoms with van der Waals surface area (Å²) in [5.74, 6) is 0.722. The summed E-state index contributed by atoms with van der Waals surface area (Å²) in [6.07, 6.45) is 0. The standard InChI is InChI=1S/C26H19ClFNO2S/c27-19-10-12-20(13-11-19)29-24(30)16-32-26(29)25-21-7-3-1-5-17(21)9-14-23(25)31-15-18-6-2-4-8-22(18)28/h1-14,26H,15-16H2/t26-/m0/s1. The van der Waals surface area contributed by atoms with E-state index < -0.39 is 0 Å². The minimum atomic E-state index is -0.303. The lowest BCUT2D eigenvalue weighted by atomic mass is 10.0. The summed E-state index contributed by atoms with van der Waals surface area (Å²) < 4.78 is 20.3. The summed E-state index contributed by atoms with van der Waals surface area (Å²) in [4.78, 5) is 14.7. The number of halogens is 2. The number of fused-ring (bicyclic) bond motifs is 1. The van der Waals surface area contributed by atoms with Gasteiger partial charge >= 0.3 is 0 Å². The number of carbonyl (C=O) groups excluding carboxylic acids is 1. The van der Waals surface area contributed by atoms with Crippen molar-refractivity contribution < 1.29 is 13.9 Å². The van der Waals surface area contributed by atoms with Crippen LogP contribution in [0.3, 0.4) is 0 Å². The van der Waals surface area contributed by atoms with Crippen molar-refractivity contribution in [1.29, 1.82) is 0 Å². The van der Waals surface area contributed by atoms with Crippen molar-refractivity contribution in [3.05, 3.63) is 107 Å². The van der Waals surface area contributed by atoms with Crippen molar-refractivity contribution in [3.63, 3.8) is 0 Å². The monoisotopic (exact) mass is 463 g/mol. The molecule has 1 fully saturated rings. The zero-order valence-corrected chi connectivity index (χ0v) is 18.6. The molecule has 1 aliphatic rings. The van der Waals surface area contributed by atoms with Crippen LogP contribution in [0, 0.1) is 5.82 Å². The van der Waals surface area contributed by atoms with Gasteiger partial charge in [-0.2, -0.15) is 0 Å². The Labute approximate surface area is 194 Å². The second kappa shape index (κ2) is 8.85. The SMILES string of the molecule is O=C1CS[C@@H](c2c(OCc3ccccc3F)ccc3ccccc23)N1c1ccc(Cl)cc1. The number of amides is 1. The zero-order valence-electron chi connectivity index (χ0n) is 17.0. The Balaban J connectivity index is 1.59. The Bertz CT molecular complexity index is 1290. The highest BCUT2D eigenvalue weighted by molar-refractivity contribution is 8.00. The quantitative estimate of drug-likeness (QED) is 0.319. The number of carbonyl (C=O) groups is 1. The van der Waals surface area contributed by atoms with E-state index in [0.29, 0.717) is 22.1 Å². The average Bonchev–Trinajstić information content (AvgIpc) is 3.19. The van der Waals surface area contributed by atoms with E-state index in [-0.39, 0.29) is 23.7 Å². The number of benzene rings is 4. The fourth-order valence-corrected chi connectivity index (χ4v) is 5.31. The van der Waals surface area contributed by atoms with Crippen LogP contribution in [0.15, 0.2) is 84.9 Å². The fraction of sp³-hybridized carbons (Fsp3) is 0.115. The molecule has 1 heterocycles. The lowest BCUT2D eigenvalue weighted by Crippen LogP contribution is -2.28. The Hall–Kier alpha value is -3.02. The van der Waals surface area contributed by atoms with Gasteiger partial charge in [0.25, 0.3) is 0 Å². The van der Waals surface area contributed by atoms with E-state index in [1.165, 1.54) is 6.07 Å². The smallest absolute Gasteiger partial charge is 0.238 e. The summed E-state index contributed by atoms with van der Waals surface area (Å²) in [5, 5.41) is 2.40. The van der Waals surface area contributed by atoms with Crippen LogP contribution in [0.1, 0.15) is 16.5 Å². The van der Waals surface area contributed by atoms with E-state index in [9.17, 15) is 9.18 Å². The van der Waals surface area contributed by atoms with Gasteiger partial charge < -0.3 is 4.74 Å². The normalized spacial score (nSPS) is 16.0. The van der Waals surface area contributed by atoms with Crippen LogP contribution >= 0.6 is 23.4 Å². The molecule has 1 saturated heterocycles. The van der Waals surface area contributed by atoms with Gasteiger partial charge in [0.15, 0.2) is 0 Å². The molecule has 0 spiro atoms. The summed E-state index contributed by atoms with van der Waals surface area (Å²) in [5.41, 5.74) is 2.17. The molecule has 32 heavy (non-hydrogen) atoms. The molecule has 160 valence electrons. The number of hydrogen-bond donors (Lipinski definition) is 0. The van der Waals surface area contributed by atoms with Crippen molar-refractivity contribution in [2.75, 3.05) is 10.7 Å². The van der Waals surface area contributed by atoms with Crippen molar-refractivity contribution >= 4 is 45.7 Å². The van der Waals surface area contributed by atoms with E-state index in [1.807, 2.05) is 48.5 Å². The van der Waals surface area contributed by atoms with Gasteiger partial charge in [0.2, 0.25) is 5.91 Å². The molecule has 1 amide bonds. The maximum Gasteiger partial charge on any atom is 0.238 e. The first-order valence-corrected chi connectivity index (χ1v) is 11.6. The van der Waals surface area contributed by atoms with Gasteiger partial charge in [-0.15, -0.1) is 11.8 Å². The molecule has 0 aromatic heterocycles. The second-order valence-electron chi connectivity index (χ2n) is 7.48. The number of ether oxygens (including phenoxy) is 1. The molecule has 0 unspecified atom stereocenters. The largest absolute Gasteiger partial charge is 0.488 e. The van der Waals surface area contributed by atoms with E-state index in [4.69, 9.17) is 16.3 Å². The molecule has 0 N–H and O–H groups in total. The third-order valence-electron chi connectivity index (χ3n) is 5.49. The Morgan fingerprint density at radius 3 is 2.53 bits per heavy atom. The predicted octanol–water partition coefficient (Wildman–Crippen LogP) is 6.99. The summed E-state index contributed by atoms with van der Waals surface area (Å²) in [6, 6.07) is 25.8. The molecule has 5 rings (SSSR count). The van der Waals surface area contributed by atoms with Gasteiger partial charge in [-0.3, -0.25) is 9.69 Å². The van der Waals surface area contributed by atoms with E-state index in [1.54, 1.807) is 47.0 Å². The molecular formula is C26H19ClFNO2S. The van der Waals surface area contributed by atoms with Crippen LogP contribution in [0.2, 0.25) is 5.02 Å². The Morgan fingerprint density at radius 2 is 1.72 bits per heavy atom. The molecule has 4 aromatic carbocycles. The maximum atomic E-state index is 14.2. The molecule has 0 radical (unpaired) electrons. The number of hydrogen-bond acceptors (Lipinski definition) is 3. The topological polar surface area (TPSA) is 29.5 Å². The Kier molecular flexibility index (Phi) is 5.77. The van der Waals surface area contributed by atoms with Gasteiger partial charge in [-0.05, 0) is 47.2 Å². The average molecular weight is 464 g/mol. The van der Waals surface area contributed by atoms with Crippen molar-refractivity contribution in [1.82, 2.24) is 0 Å². The second-order valence-corrected chi connectivity index (χ2v) is 8.99. The minimum absolute atomic E-state index is 0.0234. The molecule has 3 nitrogen and oxygen atoms in total. The van der Waals surface area contributed by atoms with Gasteiger partial charge in [0, 0.05) is 21.8 Å². The molecule has 0 saturated carbocycles. The summed E-state index contributed by atoms with van der Waals surface area (Å²) >= 11 is 7.62. The van der Waals surface area contributed by atoms with Crippen LogP contribution < -0.4 is 9.64 Å². The van der Waals surface area contributed by atoms with Crippen molar-refractivity contribution in [2.45, 2.75) is 12.0 Å². The first-order chi connectivity index (χ1) is 15.6. The highest BCUT2D eigenvalue weighted by atomic mass is 35.5. The number of thioether (sulfide) groups is 1. The molecule has 4 aromatic rings. The highest BCUT2D eigenvalue weighted by Crippen LogP contribution is 2.47. The van der Waals surface area contributed by atoms with Crippen LogP contribution in [-0.2, 0) is 11.4 Å². The fourth-order valence-electron chi connectivity index (χ4n) is 3.95. The van der Waals surface area contributed by atoms with Crippen LogP contribution in [-0.4, -0.2) is 11.7 Å².